The van der Waals surface area contributed by atoms with Crippen LogP contribution in [-0.2, 0) is 0 Å². The summed E-state index contributed by atoms with van der Waals surface area (Å²) in [7, 11) is 3.93. The number of hydrogen-bond donors (Lipinski definition) is 2. The zero-order valence-electron chi connectivity index (χ0n) is 12.7. The molecule has 21 heavy (non-hydrogen) atoms. The largest absolute Gasteiger partial charge is 0.388 e. The summed E-state index contributed by atoms with van der Waals surface area (Å²) >= 11 is 0. The first-order valence-corrected chi connectivity index (χ1v) is 7.28. The molecule has 0 radical (unpaired) electrons. The van der Waals surface area contributed by atoms with E-state index in [-0.39, 0.29) is 0 Å². The molecule has 1 aliphatic rings. The molecule has 0 spiro atoms. The number of nitrogens with two attached hydrogens (primary N) is 1. The standard InChI is InChI=1S/C15H24N4O2/c1-18(2)11-15(21)6-4-9-19(10-7-15)14-12(13(16)20)5-3-8-17-14/h3,5,8,21H,4,6-7,9-11H2,1-2H3,(H2,16,20)/t15-/m0/s1. The molecule has 1 atom stereocenters. The molecule has 1 saturated heterocycles. The third-order valence-electron chi connectivity index (χ3n) is 3.88. The first-order valence-electron chi connectivity index (χ1n) is 7.28. The van der Waals surface area contributed by atoms with Crippen molar-refractivity contribution in [2.75, 3.05) is 38.6 Å². The van der Waals surface area contributed by atoms with Crippen LogP contribution in [0.5, 0.6) is 0 Å². The molecule has 0 aliphatic carbocycles. The number of hydrogen-bond acceptors (Lipinski definition) is 5. The molecule has 6 nitrogen and oxygen atoms in total. The quantitative estimate of drug-likeness (QED) is 0.842. The topological polar surface area (TPSA) is 82.7 Å². The van der Waals surface area contributed by atoms with Gasteiger partial charge in [0.2, 0.25) is 0 Å². The van der Waals surface area contributed by atoms with Gasteiger partial charge in [0, 0.05) is 25.8 Å². The van der Waals surface area contributed by atoms with Crippen molar-refractivity contribution in [1.82, 2.24) is 9.88 Å². The summed E-state index contributed by atoms with van der Waals surface area (Å²) in [5, 5.41) is 10.7. The first-order chi connectivity index (χ1) is 9.91. The van der Waals surface area contributed by atoms with Crippen molar-refractivity contribution < 1.29 is 9.90 Å². The van der Waals surface area contributed by atoms with E-state index in [1.807, 2.05) is 23.9 Å². The van der Waals surface area contributed by atoms with Crippen molar-refractivity contribution in [2.24, 2.45) is 5.73 Å². The molecule has 116 valence electrons. The van der Waals surface area contributed by atoms with Crippen LogP contribution < -0.4 is 10.6 Å². The van der Waals surface area contributed by atoms with E-state index in [1.54, 1.807) is 18.3 Å². The van der Waals surface area contributed by atoms with Crippen molar-refractivity contribution in [1.29, 1.82) is 0 Å². The second kappa shape index (κ2) is 6.41. The predicted octanol–water partition coefficient (Wildman–Crippen LogP) is 0.463. The van der Waals surface area contributed by atoms with Gasteiger partial charge in [-0.05, 0) is 45.5 Å². The maximum Gasteiger partial charge on any atom is 0.252 e. The van der Waals surface area contributed by atoms with Gasteiger partial charge in [0.15, 0.2) is 0 Å². The summed E-state index contributed by atoms with van der Waals surface area (Å²) in [5.41, 5.74) is 5.18. The number of carbonyl (C=O) groups excluding carboxylic acids is 1. The minimum absolute atomic E-state index is 0.440. The van der Waals surface area contributed by atoms with Gasteiger partial charge in [0.25, 0.3) is 5.91 Å². The molecule has 1 aromatic heterocycles. The molecule has 0 saturated carbocycles. The SMILES string of the molecule is CN(C)C[C@]1(O)CCCN(c2ncccc2C(N)=O)CC1. The molecule has 2 heterocycles. The van der Waals surface area contributed by atoms with Gasteiger partial charge < -0.3 is 20.6 Å². The lowest BCUT2D eigenvalue weighted by Gasteiger charge is -2.30. The van der Waals surface area contributed by atoms with E-state index in [0.717, 1.165) is 19.4 Å². The van der Waals surface area contributed by atoms with Gasteiger partial charge in [-0.25, -0.2) is 4.98 Å². The van der Waals surface area contributed by atoms with E-state index >= 15 is 0 Å². The van der Waals surface area contributed by atoms with Crippen molar-refractivity contribution in [3.63, 3.8) is 0 Å². The maximum absolute atomic E-state index is 11.5. The summed E-state index contributed by atoms with van der Waals surface area (Å²) in [5.74, 6) is 0.157. The molecule has 1 fully saturated rings. The zero-order chi connectivity index (χ0) is 15.5. The van der Waals surface area contributed by atoms with Crippen LogP contribution >= 0.6 is 0 Å². The van der Waals surface area contributed by atoms with Gasteiger partial charge in [0.1, 0.15) is 5.82 Å². The van der Waals surface area contributed by atoms with Gasteiger partial charge in [-0.1, -0.05) is 0 Å². The first kappa shape index (κ1) is 15.7. The summed E-state index contributed by atoms with van der Waals surface area (Å²) in [4.78, 5) is 19.9. The minimum atomic E-state index is -0.681. The fourth-order valence-corrected chi connectivity index (χ4v) is 2.98. The Bertz CT molecular complexity index is 506. The molecule has 3 N–H and O–H groups in total. The number of amides is 1. The smallest absolute Gasteiger partial charge is 0.252 e. The van der Waals surface area contributed by atoms with Crippen molar-refractivity contribution in [3.05, 3.63) is 23.9 Å². The fraction of sp³-hybridized carbons (Fsp3) is 0.600. The molecule has 6 heteroatoms. The van der Waals surface area contributed by atoms with Crippen LogP contribution in [0, 0.1) is 0 Å². The van der Waals surface area contributed by atoms with E-state index in [2.05, 4.69) is 4.98 Å². The summed E-state index contributed by atoms with van der Waals surface area (Å²) < 4.78 is 0. The average molecular weight is 292 g/mol. The number of likely N-dealkylation sites (N-methyl/N-ethyl adjacent to an activating group) is 1. The highest BCUT2D eigenvalue weighted by molar-refractivity contribution is 5.97. The molecule has 1 aromatic rings. The van der Waals surface area contributed by atoms with Crippen molar-refractivity contribution in [3.8, 4) is 0 Å². The fourth-order valence-electron chi connectivity index (χ4n) is 2.98. The Labute approximate surface area is 125 Å². The number of aliphatic hydroxyl groups is 1. The van der Waals surface area contributed by atoms with Crippen molar-refractivity contribution >= 4 is 11.7 Å². The lowest BCUT2D eigenvalue weighted by atomic mass is 9.94. The lowest BCUT2D eigenvalue weighted by Crippen LogP contribution is -2.41. The van der Waals surface area contributed by atoms with Gasteiger partial charge >= 0.3 is 0 Å². The number of aromatic nitrogens is 1. The minimum Gasteiger partial charge on any atom is -0.388 e. The number of carbonyl (C=O) groups is 1. The van der Waals surface area contributed by atoms with Crippen LogP contribution in [-0.4, -0.2) is 60.2 Å². The van der Waals surface area contributed by atoms with E-state index in [0.29, 0.717) is 30.9 Å². The molecule has 0 unspecified atom stereocenters. The van der Waals surface area contributed by atoms with E-state index in [9.17, 15) is 9.90 Å². The number of primary amides is 1. The van der Waals surface area contributed by atoms with Gasteiger partial charge in [0.05, 0.1) is 11.2 Å². The monoisotopic (exact) mass is 292 g/mol. The third-order valence-corrected chi connectivity index (χ3v) is 3.88. The number of pyridine rings is 1. The highest BCUT2D eigenvalue weighted by atomic mass is 16.3. The Balaban J connectivity index is 2.15. The Hall–Kier alpha value is -1.66. The van der Waals surface area contributed by atoms with E-state index in [1.165, 1.54) is 0 Å². The van der Waals surface area contributed by atoms with Crippen LogP contribution in [0.3, 0.4) is 0 Å². The molecule has 1 amide bonds. The molecular formula is C15H24N4O2. The number of rotatable bonds is 4. The Kier molecular flexibility index (Phi) is 4.80. The highest BCUT2D eigenvalue weighted by Crippen LogP contribution is 2.26. The number of nitrogens with zero attached hydrogens (tertiary/aromatic N) is 3. The van der Waals surface area contributed by atoms with Crippen LogP contribution in [0.4, 0.5) is 5.82 Å². The van der Waals surface area contributed by atoms with Gasteiger partial charge in [-0.15, -0.1) is 0 Å². The summed E-state index contributed by atoms with van der Waals surface area (Å²) in [6, 6.07) is 3.41. The Morgan fingerprint density at radius 3 is 2.90 bits per heavy atom. The number of anilines is 1. The molecule has 0 aromatic carbocycles. The molecular weight excluding hydrogens is 268 g/mol. The second-order valence-corrected chi connectivity index (χ2v) is 6.04. The van der Waals surface area contributed by atoms with Crippen LogP contribution in [0.15, 0.2) is 18.3 Å². The summed E-state index contributed by atoms with van der Waals surface area (Å²) in [6.07, 6.45) is 3.93. The maximum atomic E-state index is 11.5. The van der Waals surface area contributed by atoms with Crippen molar-refractivity contribution in [2.45, 2.75) is 24.9 Å². The zero-order valence-corrected chi connectivity index (χ0v) is 12.7. The predicted molar refractivity (Wildman–Crippen MR) is 82.3 cm³/mol. The van der Waals surface area contributed by atoms with Crippen LogP contribution in [0.1, 0.15) is 29.6 Å². The molecule has 0 bridgehead atoms. The molecule has 2 rings (SSSR count). The molecule has 1 aliphatic heterocycles. The highest BCUT2D eigenvalue weighted by Gasteiger charge is 2.31. The van der Waals surface area contributed by atoms with Gasteiger partial charge in [-0.2, -0.15) is 0 Å². The third kappa shape index (κ3) is 3.92. The summed E-state index contributed by atoms with van der Waals surface area (Å²) in [6.45, 7) is 2.08. The average Bonchev–Trinajstić information content (AvgIpc) is 2.60. The van der Waals surface area contributed by atoms with Crippen LogP contribution in [0.2, 0.25) is 0 Å². The normalized spacial score (nSPS) is 23.1. The van der Waals surface area contributed by atoms with Crippen LogP contribution in [0.25, 0.3) is 0 Å². The van der Waals surface area contributed by atoms with E-state index < -0.39 is 11.5 Å². The van der Waals surface area contributed by atoms with Gasteiger partial charge in [-0.3, -0.25) is 4.79 Å². The van der Waals surface area contributed by atoms with E-state index in [4.69, 9.17) is 5.73 Å². The lowest BCUT2D eigenvalue weighted by molar-refractivity contribution is 0.00537. The Morgan fingerprint density at radius 2 is 2.24 bits per heavy atom. The second-order valence-electron chi connectivity index (χ2n) is 6.04. The Morgan fingerprint density at radius 1 is 1.48 bits per heavy atom.